The van der Waals surface area contributed by atoms with Gasteiger partial charge in [0, 0.05) is 11.8 Å². The Morgan fingerprint density at radius 3 is 1.90 bits per heavy atom. The molecule has 0 amide bonds. The predicted molar refractivity (Wildman–Crippen MR) is 53.5 cm³/mol. The Bertz CT molecular complexity index is 165. The smallest absolute Gasteiger partial charge is 0.0971 e. The molecule has 0 saturated carbocycles. The van der Waals surface area contributed by atoms with Crippen LogP contribution in [0.1, 0.15) is 20.8 Å². The summed E-state index contributed by atoms with van der Waals surface area (Å²) in [4.78, 5) is 0. The van der Waals surface area contributed by atoms with Crippen molar-refractivity contribution in [2.24, 2.45) is 11.1 Å². The van der Waals surface area contributed by atoms with Gasteiger partial charge in [-0.1, -0.05) is 20.8 Å². The van der Waals surface area contributed by atoms with Crippen LogP contribution in [0.4, 0.5) is 0 Å². The minimum absolute atomic E-state index is 0.00692. The summed E-state index contributed by atoms with van der Waals surface area (Å²) in [5, 5.41) is 7.35. The Labute approximate surface area is 75.5 Å². The first-order valence-corrected chi connectivity index (χ1v) is 4.14. The number of hydrogen-bond acceptors (Lipinski definition) is 2. The predicted octanol–water partition coefficient (Wildman–Crippen LogP) is 2.29. The first kappa shape index (κ1) is 9.94. The molecule has 0 rings (SSSR count). The zero-order chi connectivity index (χ0) is 8.36. The molecule has 0 fully saturated rings. The molecular formula is C7H13IN2. The average Bonchev–Trinajstić information content (AvgIpc) is 1.60. The number of rotatable bonds is 1. The molecule has 0 aromatic rings. The Balaban J connectivity index is 4.56. The van der Waals surface area contributed by atoms with Gasteiger partial charge in [0.15, 0.2) is 0 Å². The van der Waals surface area contributed by atoms with E-state index in [4.69, 9.17) is 11.1 Å². The molecule has 0 aliphatic heterocycles. The highest BCUT2D eigenvalue weighted by atomic mass is 127. The maximum absolute atomic E-state index is 7.35. The highest BCUT2D eigenvalue weighted by molar-refractivity contribution is 14.1. The van der Waals surface area contributed by atoms with Crippen molar-refractivity contribution in [3.8, 4) is 0 Å². The molecule has 10 heavy (non-hydrogen) atoms. The van der Waals surface area contributed by atoms with Gasteiger partial charge in [0.1, 0.15) is 0 Å². The minimum atomic E-state index is -0.00692. The van der Waals surface area contributed by atoms with Crippen LogP contribution in [0.5, 0.6) is 0 Å². The molecule has 2 nitrogen and oxygen atoms in total. The van der Waals surface area contributed by atoms with Crippen LogP contribution in [-0.2, 0) is 0 Å². The summed E-state index contributed by atoms with van der Waals surface area (Å²) in [7, 11) is 0. The van der Waals surface area contributed by atoms with Crippen LogP contribution in [0.25, 0.3) is 0 Å². The molecule has 0 saturated heterocycles. The Morgan fingerprint density at radius 2 is 1.90 bits per heavy atom. The van der Waals surface area contributed by atoms with E-state index in [0.717, 1.165) is 5.57 Å². The Kier molecular flexibility index (Phi) is 3.35. The maximum Gasteiger partial charge on any atom is 0.0971 e. The fraction of sp³-hybridized carbons (Fsp3) is 0.571. The van der Waals surface area contributed by atoms with Crippen LogP contribution in [-0.4, -0.2) is 3.72 Å². The van der Waals surface area contributed by atoms with E-state index < -0.39 is 0 Å². The fourth-order valence-corrected chi connectivity index (χ4v) is 1.64. The van der Waals surface area contributed by atoms with E-state index >= 15 is 0 Å². The monoisotopic (exact) mass is 252 g/mol. The van der Waals surface area contributed by atoms with Gasteiger partial charge in [-0.15, -0.1) is 0 Å². The lowest BCUT2D eigenvalue weighted by molar-refractivity contribution is 0.524. The van der Waals surface area contributed by atoms with Crippen molar-refractivity contribution in [1.29, 1.82) is 5.41 Å². The highest BCUT2D eigenvalue weighted by Gasteiger charge is 2.18. The lowest BCUT2D eigenvalue weighted by Crippen LogP contribution is -2.15. The van der Waals surface area contributed by atoms with Gasteiger partial charge in [-0.3, -0.25) is 5.41 Å². The van der Waals surface area contributed by atoms with Crippen molar-refractivity contribution >= 4 is 26.3 Å². The summed E-state index contributed by atoms with van der Waals surface area (Å²) in [5.74, 6) is 0. The standard InChI is InChI=1S/C7H13IN2/c1-7(2,3)5(4-9)6(8)10/h4,10H,9H2,1-3H3. The second kappa shape index (κ2) is 3.37. The summed E-state index contributed by atoms with van der Waals surface area (Å²) < 4.78 is 0.521. The first-order valence-electron chi connectivity index (χ1n) is 3.06. The Hall–Kier alpha value is -0.0600. The largest absolute Gasteiger partial charge is 0.404 e. The molecular weight excluding hydrogens is 239 g/mol. The third-order valence-electron chi connectivity index (χ3n) is 1.21. The second-order valence-electron chi connectivity index (χ2n) is 3.14. The van der Waals surface area contributed by atoms with E-state index in [1.54, 1.807) is 0 Å². The summed E-state index contributed by atoms with van der Waals surface area (Å²) in [6, 6.07) is 0. The van der Waals surface area contributed by atoms with Gasteiger partial charge in [0.25, 0.3) is 0 Å². The number of allylic oxidation sites excluding steroid dienone is 1. The van der Waals surface area contributed by atoms with Crippen LogP contribution in [0.3, 0.4) is 0 Å². The van der Waals surface area contributed by atoms with E-state index in [2.05, 4.69) is 0 Å². The van der Waals surface area contributed by atoms with Gasteiger partial charge in [0.2, 0.25) is 0 Å². The molecule has 3 N–H and O–H groups in total. The first-order chi connectivity index (χ1) is 4.39. The van der Waals surface area contributed by atoms with Gasteiger partial charge in [-0.25, -0.2) is 0 Å². The lowest BCUT2D eigenvalue weighted by Gasteiger charge is -2.20. The van der Waals surface area contributed by atoms with Crippen molar-refractivity contribution < 1.29 is 0 Å². The van der Waals surface area contributed by atoms with Crippen molar-refractivity contribution in [1.82, 2.24) is 0 Å². The normalized spacial score (nSPS) is 13.4. The number of halogens is 1. The molecule has 0 aliphatic rings. The van der Waals surface area contributed by atoms with E-state index in [1.807, 2.05) is 43.4 Å². The topological polar surface area (TPSA) is 49.9 Å². The number of hydrogen-bond donors (Lipinski definition) is 2. The average molecular weight is 252 g/mol. The quantitative estimate of drug-likeness (QED) is 0.546. The van der Waals surface area contributed by atoms with Gasteiger partial charge < -0.3 is 5.73 Å². The minimum Gasteiger partial charge on any atom is -0.404 e. The number of nitrogens with one attached hydrogen (secondary N) is 1. The van der Waals surface area contributed by atoms with Gasteiger partial charge in [0.05, 0.1) is 3.72 Å². The molecule has 0 unspecified atom stereocenters. The molecule has 0 radical (unpaired) electrons. The zero-order valence-electron chi connectivity index (χ0n) is 6.53. The Morgan fingerprint density at radius 1 is 1.50 bits per heavy atom. The summed E-state index contributed by atoms with van der Waals surface area (Å²) in [5.41, 5.74) is 6.24. The van der Waals surface area contributed by atoms with Crippen LogP contribution < -0.4 is 5.73 Å². The van der Waals surface area contributed by atoms with E-state index in [1.165, 1.54) is 6.20 Å². The van der Waals surface area contributed by atoms with Crippen molar-refractivity contribution in [2.45, 2.75) is 20.8 Å². The SMILES string of the molecule is CC(C)(C)C(=CN)C(=N)I. The van der Waals surface area contributed by atoms with Crippen LogP contribution in [0.15, 0.2) is 11.8 Å². The van der Waals surface area contributed by atoms with Crippen molar-refractivity contribution in [2.75, 3.05) is 0 Å². The molecule has 0 heterocycles. The third-order valence-corrected chi connectivity index (χ3v) is 1.79. The van der Waals surface area contributed by atoms with E-state index in [9.17, 15) is 0 Å². The summed E-state index contributed by atoms with van der Waals surface area (Å²) in [6.07, 6.45) is 1.51. The van der Waals surface area contributed by atoms with Crippen molar-refractivity contribution in [3.63, 3.8) is 0 Å². The van der Waals surface area contributed by atoms with Gasteiger partial charge >= 0.3 is 0 Å². The molecule has 58 valence electrons. The van der Waals surface area contributed by atoms with Crippen LogP contribution >= 0.6 is 22.6 Å². The molecule has 0 aromatic carbocycles. The summed E-state index contributed by atoms with van der Waals surface area (Å²) >= 11 is 1.96. The summed E-state index contributed by atoms with van der Waals surface area (Å²) in [6.45, 7) is 6.12. The second-order valence-corrected chi connectivity index (χ2v) is 4.22. The van der Waals surface area contributed by atoms with Gasteiger partial charge in [-0.2, -0.15) is 0 Å². The number of nitrogens with two attached hydrogens (primary N) is 1. The molecule has 0 atom stereocenters. The molecule has 0 aromatic heterocycles. The van der Waals surface area contributed by atoms with E-state index in [0.29, 0.717) is 3.72 Å². The van der Waals surface area contributed by atoms with E-state index in [-0.39, 0.29) is 5.41 Å². The van der Waals surface area contributed by atoms with Gasteiger partial charge in [-0.05, 0) is 28.0 Å². The fourth-order valence-electron chi connectivity index (χ4n) is 0.652. The van der Waals surface area contributed by atoms with Crippen LogP contribution in [0, 0.1) is 10.8 Å². The zero-order valence-corrected chi connectivity index (χ0v) is 8.69. The molecule has 0 aliphatic carbocycles. The lowest BCUT2D eigenvalue weighted by atomic mass is 9.88. The third kappa shape index (κ3) is 2.68. The molecule has 0 spiro atoms. The maximum atomic E-state index is 7.35. The van der Waals surface area contributed by atoms with Crippen molar-refractivity contribution in [3.05, 3.63) is 11.8 Å². The molecule has 0 bridgehead atoms. The van der Waals surface area contributed by atoms with Crippen LogP contribution in [0.2, 0.25) is 0 Å². The molecule has 3 heteroatoms. The highest BCUT2D eigenvalue weighted by Crippen LogP contribution is 2.26.